The van der Waals surface area contributed by atoms with Crippen LogP contribution in [-0.2, 0) is 9.47 Å². The lowest BCUT2D eigenvalue weighted by molar-refractivity contribution is -0.149. The topological polar surface area (TPSA) is 58.9 Å². The van der Waals surface area contributed by atoms with Gasteiger partial charge in [-0.05, 0) is 24.7 Å². The van der Waals surface area contributed by atoms with Crippen molar-refractivity contribution in [3.8, 4) is 0 Å². The maximum absolute atomic E-state index is 9.92. The smallest absolute Gasteiger partial charge is 0.154 e. The Morgan fingerprint density at radius 2 is 1.00 bits per heavy atom. The molecule has 0 aliphatic carbocycles. The van der Waals surface area contributed by atoms with Crippen LogP contribution in [-0.4, -0.2) is 36.0 Å². The van der Waals surface area contributed by atoms with Gasteiger partial charge in [0.2, 0.25) is 0 Å². The summed E-state index contributed by atoms with van der Waals surface area (Å²) in [6.45, 7) is 9.91. The van der Waals surface area contributed by atoms with Gasteiger partial charge in [0.05, 0.1) is 13.2 Å². The predicted octanol–water partition coefficient (Wildman–Crippen LogP) is 4.87. The first kappa shape index (κ1) is 23.8. The molecule has 0 saturated heterocycles. The highest BCUT2D eigenvalue weighted by molar-refractivity contribution is 4.59. The minimum atomic E-state index is -0.805. The van der Waals surface area contributed by atoms with Crippen molar-refractivity contribution >= 4 is 0 Å². The highest BCUT2D eigenvalue weighted by atomic mass is 16.6. The number of ether oxygens (including phenoxy) is 2. The number of rotatable bonds is 17. The Labute approximate surface area is 149 Å². The number of hydrogen-bond donors (Lipinski definition) is 2. The van der Waals surface area contributed by atoms with Gasteiger partial charge in [-0.1, -0.05) is 66.2 Å². The van der Waals surface area contributed by atoms with Crippen LogP contribution in [0.4, 0.5) is 0 Å². The monoisotopic (exact) mass is 346 g/mol. The van der Waals surface area contributed by atoms with Gasteiger partial charge in [-0.2, -0.15) is 0 Å². The van der Waals surface area contributed by atoms with Gasteiger partial charge in [0, 0.05) is 12.8 Å². The zero-order chi connectivity index (χ0) is 18.2. The van der Waals surface area contributed by atoms with E-state index in [1.165, 1.54) is 25.7 Å². The minimum Gasteiger partial charge on any atom is -0.368 e. The summed E-state index contributed by atoms with van der Waals surface area (Å²) in [6.07, 6.45) is 8.49. The van der Waals surface area contributed by atoms with Crippen molar-refractivity contribution in [2.45, 2.75) is 104 Å². The number of aliphatic hydroxyl groups is 2. The molecule has 0 aliphatic rings. The second-order valence-electron chi connectivity index (χ2n) is 6.99. The fourth-order valence-electron chi connectivity index (χ4n) is 2.74. The van der Waals surface area contributed by atoms with Crippen molar-refractivity contribution in [2.24, 2.45) is 11.8 Å². The Kier molecular flexibility index (Phi) is 16.2. The van der Waals surface area contributed by atoms with Crippen molar-refractivity contribution < 1.29 is 19.7 Å². The van der Waals surface area contributed by atoms with Crippen molar-refractivity contribution in [1.82, 2.24) is 0 Å². The summed E-state index contributed by atoms with van der Waals surface area (Å²) < 4.78 is 11.1. The molecular formula is C20H42O4. The summed E-state index contributed by atoms with van der Waals surface area (Å²) in [5, 5.41) is 19.8. The summed E-state index contributed by atoms with van der Waals surface area (Å²) in [7, 11) is 0. The second kappa shape index (κ2) is 16.3. The van der Waals surface area contributed by atoms with E-state index >= 15 is 0 Å². The Morgan fingerprint density at radius 3 is 1.29 bits per heavy atom. The van der Waals surface area contributed by atoms with Crippen molar-refractivity contribution in [3.05, 3.63) is 0 Å². The molecule has 4 heteroatoms. The lowest BCUT2D eigenvalue weighted by Gasteiger charge is -2.20. The standard InChI is InChI=1S/C20H42O4/c1-5-9-11-17(7-3)15-23-19(21)13-14-20(22)24-16-18(8-4)12-10-6-2/h17-22H,5-16H2,1-4H3. The highest BCUT2D eigenvalue weighted by Crippen LogP contribution is 2.16. The van der Waals surface area contributed by atoms with Crippen LogP contribution >= 0.6 is 0 Å². The summed E-state index contributed by atoms with van der Waals surface area (Å²) in [4.78, 5) is 0. The van der Waals surface area contributed by atoms with Crippen LogP contribution in [0.1, 0.15) is 91.9 Å². The molecule has 0 fully saturated rings. The molecular weight excluding hydrogens is 304 g/mol. The van der Waals surface area contributed by atoms with Crippen LogP contribution in [0.5, 0.6) is 0 Å². The van der Waals surface area contributed by atoms with E-state index in [1.54, 1.807) is 0 Å². The molecule has 0 saturated carbocycles. The largest absolute Gasteiger partial charge is 0.368 e. The zero-order valence-electron chi connectivity index (χ0n) is 16.5. The van der Waals surface area contributed by atoms with Crippen LogP contribution in [0, 0.1) is 11.8 Å². The van der Waals surface area contributed by atoms with Gasteiger partial charge in [0.25, 0.3) is 0 Å². The first-order chi connectivity index (χ1) is 11.6. The van der Waals surface area contributed by atoms with Crippen LogP contribution in [0.15, 0.2) is 0 Å². The van der Waals surface area contributed by atoms with Crippen LogP contribution in [0.25, 0.3) is 0 Å². The van der Waals surface area contributed by atoms with E-state index < -0.39 is 12.6 Å². The molecule has 146 valence electrons. The van der Waals surface area contributed by atoms with Crippen molar-refractivity contribution in [3.63, 3.8) is 0 Å². The average molecular weight is 347 g/mol. The summed E-state index contributed by atoms with van der Waals surface area (Å²) in [5.41, 5.74) is 0. The fourth-order valence-corrected chi connectivity index (χ4v) is 2.74. The normalized spacial score (nSPS) is 16.8. The molecule has 0 heterocycles. The average Bonchev–Trinajstić information content (AvgIpc) is 2.60. The third-order valence-corrected chi connectivity index (χ3v) is 4.80. The lowest BCUT2D eigenvalue weighted by atomic mass is 10.0. The quantitative estimate of drug-likeness (QED) is 0.369. The maximum Gasteiger partial charge on any atom is 0.154 e. The van der Waals surface area contributed by atoms with Crippen LogP contribution in [0.2, 0.25) is 0 Å². The SMILES string of the molecule is CCCCC(CC)COC(O)CCC(O)OCC(CC)CCCC. The highest BCUT2D eigenvalue weighted by Gasteiger charge is 2.14. The molecule has 0 aromatic heterocycles. The van der Waals surface area contributed by atoms with Gasteiger partial charge in [-0.3, -0.25) is 0 Å². The lowest BCUT2D eigenvalue weighted by Crippen LogP contribution is -2.22. The second-order valence-corrected chi connectivity index (χ2v) is 6.99. The molecule has 4 unspecified atom stereocenters. The summed E-state index contributed by atoms with van der Waals surface area (Å²) in [6, 6.07) is 0. The number of aliphatic hydroxyl groups excluding tert-OH is 2. The molecule has 0 spiro atoms. The van der Waals surface area contributed by atoms with Crippen molar-refractivity contribution in [2.75, 3.05) is 13.2 Å². The van der Waals surface area contributed by atoms with Gasteiger partial charge >= 0.3 is 0 Å². The van der Waals surface area contributed by atoms with E-state index in [-0.39, 0.29) is 0 Å². The molecule has 2 N–H and O–H groups in total. The van der Waals surface area contributed by atoms with E-state index in [2.05, 4.69) is 27.7 Å². The molecule has 0 rings (SSSR count). The van der Waals surface area contributed by atoms with Gasteiger partial charge in [0.1, 0.15) is 0 Å². The molecule has 4 atom stereocenters. The summed E-state index contributed by atoms with van der Waals surface area (Å²) >= 11 is 0. The molecule has 24 heavy (non-hydrogen) atoms. The maximum atomic E-state index is 9.92. The number of unbranched alkanes of at least 4 members (excludes halogenated alkanes) is 2. The fraction of sp³-hybridized carbons (Fsp3) is 1.00. The van der Waals surface area contributed by atoms with E-state index in [9.17, 15) is 10.2 Å². The first-order valence-corrected chi connectivity index (χ1v) is 10.2. The van der Waals surface area contributed by atoms with Crippen molar-refractivity contribution in [1.29, 1.82) is 0 Å². The first-order valence-electron chi connectivity index (χ1n) is 10.2. The van der Waals surface area contributed by atoms with E-state index in [4.69, 9.17) is 9.47 Å². The molecule has 0 aromatic carbocycles. The minimum absolute atomic E-state index is 0.414. The molecule has 0 radical (unpaired) electrons. The Bertz CT molecular complexity index is 234. The molecule has 0 aromatic rings. The van der Waals surface area contributed by atoms with Gasteiger partial charge < -0.3 is 19.7 Å². The molecule has 4 nitrogen and oxygen atoms in total. The molecule has 0 amide bonds. The van der Waals surface area contributed by atoms with E-state index in [0.717, 1.165) is 25.7 Å². The molecule has 0 bridgehead atoms. The predicted molar refractivity (Wildman–Crippen MR) is 99.8 cm³/mol. The van der Waals surface area contributed by atoms with E-state index in [1.807, 2.05) is 0 Å². The number of hydrogen-bond acceptors (Lipinski definition) is 4. The molecule has 0 aliphatic heterocycles. The Morgan fingerprint density at radius 1 is 0.625 bits per heavy atom. The third kappa shape index (κ3) is 13.2. The van der Waals surface area contributed by atoms with Crippen LogP contribution < -0.4 is 0 Å². The Hall–Kier alpha value is -0.160. The third-order valence-electron chi connectivity index (χ3n) is 4.80. The zero-order valence-corrected chi connectivity index (χ0v) is 16.5. The van der Waals surface area contributed by atoms with Gasteiger partial charge in [0.15, 0.2) is 12.6 Å². The van der Waals surface area contributed by atoms with Gasteiger partial charge in [-0.25, -0.2) is 0 Å². The van der Waals surface area contributed by atoms with Gasteiger partial charge in [-0.15, -0.1) is 0 Å². The van der Waals surface area contributed by atoms with Crippen LogP contribution in [0.3, 0.4) is 0 Å². The summed E-state index contributed by atoms with van der Waals surface area (Å²) in [5.74, 6) is 1.04. The van der Waals surface area contributed by atoms with E-state index in [0.29, 0.717) is 37.9 Å². The Balaban J connectivity index is 3.81.